The molecule has 0 spiro atoms. The summed E-state index contributed by atoms with van der Waals surface area (Å²) in [7, 11) is -9.17. The fourth-order valence-corrected chi connectivity index (χ4v) is 2.91. The zero-order valence-corrected chi connectivity index (χ0v) is 10.4. The van der Waals surface area contributed by atoms with Crippen molar-refractivity contribution < 1.29 is 25.9 Å². The third-order valence-electron chi connectivity index (χ3n) is 2.31. The second-order valence-corrected chi connectivity index (χ2v) is 6.33. The molecular weight excluding hydrogens is 280 g/mol. The van der Waals surface area contributed by atoms with Crippen molar-refractivity contribution in [1.82, 2.24) is 0 Å². The van der Waals surface area contributed by atoms with Crippen LogP contribution in [0.15, 0.2) is 40.1 Å². The lowest BCUT2D eigenvalue weighted by atomic mass is 10.1. The highest BCUT2D eigenvalue weighted by molar-refractivity contribution is 7.86. The minimum absolute atomic E-state index is 0.142. The van der Waals surface area contributed by atoms with Gasteiger partial charge >= 0.3 is 0 Å². The quantitative estimate of drug-likeness (QED) is 0.801. The van der Waals surface area contributed by atoms with Crippen molar-refractivity contribution >= 4 is 31.0 Å². The number of rotatable bonds is 2. The molecule has 8 heteroatoms. The SMILES string of the molecule is O=S(=O)(O)c1cc(S(=O)(=O)O)c2cc[c]cc2c1. The predicted octanol–water partition coefficient (Wildman–Crippen LogP) is 1.13. The molecule has 0 fully saturated rings. The van der Waals surface area contributed by atoms with Crippen molar-refractivity contribution in [2.75, 3.05) is 0 Å². The van der Waals surface area contributed by atoms with Gasteiger partial charge in [0.1, 0.15) is 4.90 Å². The van der Waals surface area contributed by atoms with Crippen LogP contribution in [0.4, 0.5) is 0 Å². The van der Waals surface area contributed by atoms with E-state index in [2.05, 4.69) is 6.07 Å². The summed E-state index contributed by atoms with van der Waals surface area (Å²) in [5.74, 6) is 0. The monoisotopic (exact) mass is 287 g/mol. The van der Waals surface area contributed by atoms with Gasteiger partial charge in [0.25, 0.3) is 20.2 Å². The summed E-state index contributed by atoms with van der Waals surface area (Å²) in [6, 6.07) is 8.57. The topological polar surface area (TPSA) is 109 Å². The summed E-state index contributed by atoms with van der Waals surface area (Å²) in [6.45, 7) is 0. The summed E-state index contributed by atoms with van der Waals surface area (Å²) in [6.07, 6.45) is 0. The van der Waals surface area contributed by atoms with Crippen molar-refractivity contribution in [3.8, 4) is 0 Å². The van der Waals surface area contributed by atoms with Crippen LogP contribution in [-0.4, -0.2) is 25.9 Å². The van der Waals surface area contributed by atoms with Crippen molar-refractivity contribution in [1.29, 1.82) is 0 Å². The van der Waals surface area contributed by atoms with Crippen LogP contribution in [0.25, 0.3) is 10.8 Å². The first kappa shape index (κ1) is 13.0. The van der Waals surface area contributed by atoms with E-state index in [1.807, 2.05) is 0 Å². The molecule has 0 saturated heterocycles. The van der Waals surface area contributed by atoms with Gasteiger partial charge in [-0.3, -0.25) is 9.11 Å². The highest BCUT2D eigenvalue weighted by Gasteiger charge is 2.19. The van der Waals surface area contributed by atoms with Crippen LogP contribution in [0.2, 0.25) is 0 Å². The highest BCUT2D eigenvalue weighted by Crippen LogP contribution is 2.26. The molecule has 0 heterocycles. The standard InChI is InChI=1S/C10H7O6S2/c11-17(12,13)8-5-7-3-1-2-4-9(7)10(6-8)18(14,15)16/h2-6H,(H,11,12,13)(H,14,15,16). The van der Waals surface area contributed by atoms with E-state index in [0.29, 0.717) is 6.07 Å². The van der Waals surface area contributed by atoms with Gasteiger partial charge in [-0.1, -0.05) is 12.1 Å². The number of hydrogen-bond donors (Lipinski definition) is 2. The predicted molar refractivity (Wildman–Crippen MR) is 62.4 cm³/mol. The van der Waals surface area contributed by atoms with Crippen LogP contribution < -0.4 is 0 Å². The van der Waals surface area contributed by atoms with E-state index < -0.39 is 30.0 Å². The molecule has 0 aliphatic carbocycles. The molecule has 6 nitrogen and oxygen atoms in total. The molecule has 0 saturated carbocycles. The first-order chi connectivity index (χ1) is 8.19. The van der Waals surface area contributed by atoms with E-state index >= 15 is 0 Å². The minimum Gasteiger partial charge on any atom is -0.282 e. The third-order valence-corrected chi connectivity index (χ3v) is 4.03. The molecular formula is C10H7O6S2. The van der Waals surface area contributed by atoms with E-state index in [-0.39, 0.29) is 10.8 Å². The molecule has 0 bridgehead atoms. The Labute approximate surface area is 103 Å². The maximum atomic E-state index is 11.2. The largest absolute Gasteiger partial charge is 0.295 e. The molecule has 95 valence electrons. The van der Waals surface area contributed by atoms with Gasteiger partial charge in [-0.05, 0) is 29.7 Å². The zero-order valence-electron chi connectivity index (χ0n) is 8.73. The third kappa shape index (κ3) is 2.36. The highest BCUT2D eigenvalue weighted by atomic mass is 32.2. The average molecular weight is 287 g/mol. The summed E-state index contributed by atoms with van der Waals surface area (Å²) in [5, 5.41) is 0.365. The Balaban J connectivity index is 3.00. The van der Waals surface area contributed by atoms with Crippen LogP contribution >= 0.6 is 0 Å². The van der Waals surface area contributed by atoms with Crippen molar-refractivity contribution in [3.05, 3.63) is 36.4 Å². The van der Waals surface area contributed by atoms with Crippen molar-refractivity contribution in [3.63, 3.8) is 0 Å². The van der Waals surface area contributed by atoms with Gasteiger partial charge in [0.15, 0.2) is 0 Å². The molecule has 0 unspecified atom stereocenters. The molecule has 2 N–H and O–H groups in total. The van der Waals surface area contributed by atoms with Crippen molar-refractivity contribution in [2.24, 2.45) is 0 Å². The summed E-state index contributed by atoms with van der Waals surface area (Å²) < 4.78 is 62.4. The Bertz CT molecular complexity index is 821. The first-order valence-corrected chi connectivity index (χ1v) is 7.46. The van der Waals surface area contributed by atoms with Crippen LogP contribution in [0.1, 0.15) is 0 Å². The fraction of sp³-hybridized carbons (Fsp3) is 0. The van der Waals surface area contributed by atoms with E-state index in [4.69, 9.17) is 9.11 Å². The Morgan fingerprint density at radius 1 is 1.00 bits per heavy atom. The second-order valence-electron chi connectivity index (χ2n) is 3.52. The maximum absolute atomic E-state index is 11.2. The molecule has 18 heavy (non-hydrogen) atoms. The van der Waals surface area contributed by atoms with Gasteiger partial charge in [-0.25, -0.2) is 0 Å². The summed E-state index contributed by atoms with van der Waals surface area (Å²) >= 11 is 0. The Morgan fingerprint density at radius 2 is 1.67 bits per heavy atom. The normalized spacial score (nSPS) is 12.8. The zero-order chi connectivity index (χ0) is 13.6. The van der Waals surface area contributed by atoms with Crippen LogP contribution in [-0.2, 0) is 20.2 Å². The maximum Gasteiger partial charge on any atom is 0.295 e. The molecule has 1 radical (unpaired) electrons. The van der Waals surface area contributed by atoms with Gasteiger partial charge in [-0.2, -0.15) is 16.8 Å². The summed E-state index contributed by atoms with van der Waals surface area (Å²) in [4.78, 5) is -1.19. The van der Waals surface area contributed by atoms with Gasteiger partial charge in [0.2, 0.25) is 0 Å². The molecule has 2 aromatic rings. The second kappa shape index (κ2) is 4.02. The molecule has 0 aromatic heterocycles. The lowest BCUT2D eigenvalue weighted by molar-refractivity contribution is 0.482. The van der Waals surface area contributed by atoms with Crippen LogP contribution in [0.3, 0.4) is 0 Å². The Hall–Kier alpha value is -1.48. The van der Waals surface area contributed by atoms with Crippen molar-refractivity contribution in [2.45, 2.75) is 9.79 Å². The van der Waals surface area contributed by atoms with Gasteiger partial charge < -0.3 is 0 Å². The fourth-order valence-electron chi connectivity index (χ4n) is 1.55. The van der Waals surface area contributed by atoms with E-state index in [1.165, 1.54) is 18.2 Å². The molecule has 2 aromatic carbocycles. The van der Waals surface area contributed by atoms with E-state index in [0.717, 1.165) is 6.07 Å². The van der Waals surface area contributed by atoms with E-state index in [1.54, 1.807) is 0 Å². The van der Waals surface area contributed by atoms with Gasteiger partial charge in [0.05, 0.1) is 4.90 Å². The summed E-state index contributed by atoms with van der Waals surface area (Å²) in [5.41, 5.74) is 0. The number of hydrogen-bond acceptors (Lipinski definition) is 4. The molecule has 0 atom stereocenters. The van der Waals surface area contributed by atoms with Gasteiger partial charge in [-0.15, -0.1) is 0 Å². The van der Waals surface area contributed by atoms with Crippen LogP contribution in [0.5, 0.6) is 0 Å². The molecule has 0 aliphatic heterocycles. The smallest absolute Gasteiger partial charge is 0.282 e. The Kier molecular flexibility index (Phi) is 2.90. The lowest BCUT2D eigenvalue weighted by Gasteiger charge is -2.06. The molecule has 0 amide bonds. The number of benzene rings is 2. The molecule has 0 aliphatic rings. The number of fused-ring (bicyclic) bond motifs is 1. The first-order valence-electron chi connectivity index (χ1n) is 4.58. The minimum atomic E-state index is -4.60. The lowest BCUT2D eigenvalue weighted by Crippen LogP contribution is -2.04. The Morgan fingerprint density at radius 3 is 2.22 bits per heavy atom. The van der Waals surface area contributed by atoms with Gasteiger partial charge in [0, 0.05) is 5.39 Å². The average Bonchev–Trinajstić information content (AvgIpc) is 2.25. The van der Waals surface area contributed by atoms with E-state index in [9.17, 15) is 16.8 Å². The molecule has 2 rings (SSSR count). The van der Waals surface area contributed by atoms with Crippen LogP contribution in [0, 0.1) is 6.07 Å².